The van der Waals surface area contributed by atoms with E-state index in [-0.39, 0.29) is 5.56 Å². The zero-order chi connectivity index (χ0) is 14.7. The minimum Gasteiger partial charge on any atom is -0.497 e. The SMILES string of the molecule is COc1ccc(-c2nnc(NC3CCCC3)[nH]c2=O)cc1. The number of aromatic nitrogens is 3. The molecule has 0 bridgehead atoms. The standard InChI is InChI=1S/C15H18N4O2/c1-21-12-8-6-10(7-9-12)13-14(20)17-15(19-18-13)16-11-4-2-3-5-11/h6-9,11H,2-5H2,1H3,(H2,16,17,19,20). The highest BCUT2D eigenvalue weighted by Crippen LogP contribution is 2.21. The second-order valence-electron chi connectivity index (χ2n) is 5.21. The Morgan fingerprint density at radius 1 is 1.19 bits per heavy atom. The average Bonchev–Trinajstić information content (AvgIpc) is 3.01. The van der Waals surface area contributed by atoms with Crippen LogP contribution in [0.15, 0.2) is 29.1 Å². The zero-order valence-corrected chi connectivity index (χ0v) is 11.9. The Morgan fingerprint density at radius 3 is 2.52 bits per heavy atom. The van der Waals surface area contributed by atoms with E-state index in [1.807, 2.05) is 0 Å². The van der Waals surface area contributed by atoms with Crippen molar-refractivity contribution in [1.82, 2.24) is 15.2 Å². The van der Waals surface area contributed by atoms with Gasteiger partial charge in [0.15, 0.2) is 5.69 Å². The summed E-state index contributed by atoms with van der Waals surface area (Å²) in [7, 11) is 1.60. The molecule has 1 aromatic carbocycles. The van der Waals surface area contributed by atoms with E-state index in [0.29, 0.717) is 17.7 Å². The van der Waals surface area contributed by atoms with Gasteiger partial charge in [0.1, 0.15) is 5.75 Å². The predicted molar refractivity (Wildman–Crippen MR) is 80.5 cm³/mol. The van der Waals surface area contributed by atoms with E-state index in [9.17, 15) is 4.79 Å². The van der Waals surface area contributed by atoms with Gasteiger partial charge in [-0.15, -0.1) is 10.2 Å². The van der Waals surface area contributed by atoms with Crippen LogP contribution in [0.3, 0.4) is 0 Å². The van der Waals surface area contributed by atoms with E-state index < -0.39 is 0 Å². The highest BCUT2D eigenvalue weighted by Gasteiger charge is 2.16. The number of benzene rings is 1. The first-order chi connectivity index (χ1) is 10.3. The van der Waals surface area contributed by atoms with Crippen molar-refractivity contribution in [3.63, 3.8) is 0 Å². The first-order valence-electron chi connectivity index (χ1n) is 7.14. The maximum absolute atomic E-state index is 12.1. The normalized spacial score (nSPS) is 15.1. The second kappa shape index (κ2) is 5.95. The summed E-state index contributed by atoms with van der Waals surface area (Å²) >= 11 is 0. The van der Waals surface area contributed by atoms with Gasteiger partial charge in [-0.2, -0.15) is 0 Å². The molecular weight excluding hydrogens is 268 g/mol. The number of H-pyrrole nitrogens is 1. The summed E-state index contributed by atoms with van der Waals surface area (Å²) in [5.41, 5.74) is 0.794. The molecule has 1 fully saturated rings. The van der Waals surface area contributed by atoms with E-state index >= 15 is 0 Å². The lowest BCUT2D eigenvalue weighted by Gasteiger charge is -2.11. The van der Waals surface area contributed by atoms with Crippen LogP contribution in [0.25, 0.3) is 11.3 Å². The summed E-state index contributed by atoms with van der Waals surface area (Å²) < 4.78 is 5.10. The Bertz CT molecular complexity index is 660. The number of nitrogens with one attached hydrogen (secondary N) is 2. The Kier molecular flexibility index (Phi) is 3.85. The van der Waals surface area contributed by atoms with Crippen LogP contribution in [0.4, 0.5) is 5.95 Å². The molecule has 0 saturated heterocycles. The van der Waals surface area contributed by atoms with Crippen molar-refractivity contribution in [2.24, 2.45) is 0 Å². The lowest BCUT2D eigenvalue weighted by Crippen LogP contribution is -2.22. The molecule has 0 atom stereocenters. The van der Waals surface area contributed by atoms with E-state index in [1.54, 1.807) is 31.4 Å². The van der Waals surface area contributed by atoms with E-state index in [1.165, 1.54) is 12.8 Å². The molecule has 2 N–H and O–H groups in total. The zero-order valence-electron chi connectivity index (χ0n) is 11.9. The van der Waals surface area contributed by atoms with Crippen molar-refractivity contribution in [1.29, 1.82) is 0 Å². The molecule has 1 heterocycles. The summed E-state index contributed by atoms with van der Waals surface area (Å²) in [5, 5.41) is 11.4. The molecule has 3 rings (SSSR count). The second-order valence-corrected chi connectivity index (χ2v) is 5.21. The number of rotatable bonds is 4. The molecule has 6 nitrogen and oxygen atoms in total. The van der Waals surface area contributed by atoms with Crippen LogP contribution in [0.2, 0.25) is 0 Å². The van der Waals surface area contributed by atoms with Crippen LogP contribution >= 0.6 is 0 Å². The molecule has 1 aromatic heterocycles. The lowest BCUT2D eigenvalue weighted by atomic mass is 10.1. The van der Waals surface area contributed by atoms with Gasteiger partial charge in [0.25, 0.3) is 5.56 Å². The summed E-state index contributed by atoms with van der Waals surface area (Å²) in [4.78, 5) is 14.9. The van der Waals surface area contributed by atoms with Gasteiger partial charge in [-0.3, -0.25) is 9.78 Å². The maximum atomic E-state index is 12.1. The topological polar surface area (TPSA) is 79.9 Å². The third kappa shape index (κ3) is 3.04. The van der Waals surface area contributed by atoms with Gasteiger partial charge in [-0.25, -0.2) is 0 Å². The molecule has 1 aliphatic rings. The third-order valence-electron chi connectivity index (χ3n) is 3.76. The van der Waals surface area contributed by atoms with Crippen LogP contribution in [0, 0.1) is 0 Å². The molecule has 1 aliphatic carbocycles. The predicted octanol–water partition coefficient (Wildman–Crippen LogP) is 2.20. The molecule has 0 aliphatic heterocycles. The Morgan fingerprint density at radius 2 is 1.90 bits per heavy atom. The lowest BCUT2D eigenvalue weighted by molar-refractivity contribution is 0.415. The van der Waals surface area contributed by atoms with Crippen LogP contribution in [-0.4, -0.2) is 28.3 Å². The van der Waals surface area contributed by atoms with Gasteiger partial charge in [-0.1, -0.05) is 12.8 Å². The molecular formula is C15H18N4O2. The summed E-state index contributed by atoms with van der Waals surface area (Å²) in [6, 6.07) is 7.56. The van der Waals surface area contributed by atoms with Gasteiger partial charge >= 0.3 is 0 Å². The van der Waals surface area contributed by atoms with Crippen molar-refractivity contribution in [2.75, 3.05) is 12.4 Å². The van der Waals surface area contributed by atoms with Crippen molar-refractivity contribution >= 4 is 5.95 Å². The molecule has 110 valence electrons. The van der Waals surface area contributed by atoms with Crippen LogP contribution in [0.5, 0.6) is 5.75 Å². The molecule has 6 heteroatoms. The molecule has 0 unspecified atom stereocenters. The number of hydrogen-bond acceptors (Lipinski definition) is 5. The number of methoxy groups -OCH3 is 1. The van der Waals surface area contributed by atoms with Gasteiger partial charge in [0.05, 0.1) is 7.11 Å². The van der Waals surface area contributed by atoms with Gasteiger partial charge in [0.2, 0.25) is 5.95 Å². The Balaban J connectivity index is 1.81. The fourth-order valence-electron chi connectivity index (χ4n) is 2.60. The summed E-state index contributed by atoms with van der Waals surface area (Å²) in [6.07, 6.45) is 4.67. The number of hydrogen-bond donors (Lipinski definition) is 2. The molecule has 2 aromatic rings. The smallest absolute Gasteiger partial charge is 0.279 e. The highest BCUT2D eigenvalue weighted by atomic mass is 16.5. The van der Waals surface area contributed by atoms with E-state index in [4.69, 9.17) is 4.74 Å². The number of ether oxygens (including phenoxy) is 1. The minimum atomic E-state index is -0.240. The molecule has 0 amide bonds. The first-order valence-corrected chi connectivity index (χ1v) is 7.14. The monoisotopic (exact) mass is 286 g/mol. The Labute approximate surface area is 122 Å². The van der Waals surface area contributed by atoms with Gasteiger partial charge < -0.3 is 10.1 Å². The third-order valence-corrected chi connectivity index (χ3v) is 3.76. The summed E-state index contributed by atoms with van der Waals surface area (Å²) in [6.45, 7) is 0. The van der Waals surface area contributed by atoms with E-state index in [2.05, 4.69) is 20.5 Å². The van der Waals surface area contributed by atoms with Crippen LogP contribution in [0.1, 0.15) is 25.7 Å². The fraction of sp³-hybridized carbons (Fsp3) is 0.400. The Hall–Kier alpha value is -2.37. The van der Waals surface area contributed by atoms with Crippen LogP contribution in [-0.2, 0) is 0 Å². The van der Waals surface area contributed by atoms with Crippen molar-refractivity contribution in [3.05, 3.63) is 34.6 Å². The van der Waals surface area contributed by atoms with E-state index in [0.717, 1.165) is 24.2 Å². The van der Waals surface area contributed by atoms with Gasteiger partial charge in [-0.05, 0) is 37.1 Å². The fourth-order valence-corrected chi connectivity index (χ4v) is 2.60. The van der Waals surface area contributed by atoms with Crippen LogP contribution < -0.4 is 15.6 Å². The molecule has 21 heavy (non-hydrogen) atoms. The largest absolute Gasteiger partial charge is 0.497 e. The molecule has 0 spiro atoms. The maximum Gasteiger partial charge on any atom is 0.279 e. The molecule has 1 saturated carbocycles. The van der Waals surface area contributed by atoms with Crippen molar-refractivity contribution in [2.45, 2.75) is 31.7 Å². The quantitative estimate of drug-likeness (QED) is 0.900. The number of aromatic amines is 1. The number of nitrogens with zero attached hydrogens (tertiary/aromatic N) is 2. The van der Waals surface area contributed by atoms with Crippen molar-refractivity contribution < 1.29 is 4.74 Å². The molecule has 0 radical (unpaired) electrons. The summed E-state index contributed by atoms with van der Waals surface area (Å²) in [5.74, 6) is 1.19. The minimum absolute atomic E-state index is 0.240. The number of anilines is 1. The first kappa shape index (κ1) is 13.6. The van der Waals surface area contributed by atoms with Crippen molar-refractivity contribution in [3.8, 4) is 17.0 Å². The van der Waals surface area contributed by atoms with Gasteiger partial charge in [0, 0.05) is 11.6 Å². The highest BCUT2D eigenvalue weighted by molar-refractivity contribution is 5.58. The average molecular weight is 286 g/mol.